The third-order valence-electron chi connectivity index (χ3n) is 3.14. The van der Waals surface area contributed by atoms with Gasteiger partial charge < -0.3 is 4.57 Å². The summed E-state index contributed by atoms with van der Waals surface area (Å²) in [6.07, 6.45) is 0. The standard InChI is InChI=1S/C16H17O2P/c1-12-14(13-8-5-4-6-9-13)10-7-11-15(12)16(17)19(2,3)18/h4-11H,1-3H3. The molecule has 0 atom stereocenters. The largest absolute Gasteiger partial charge is 0.316 e. The third-order valence-corrected chi connectivity index (χ3v) is 4.36. The number of carbonyl (C=O) groups is 1. The molecule has 2 aromatic rings. The lowest BCUT2D eigenvalue weighted by Gasteiger charge is -2.12. The van der Waals surface area contributed by atoms with E-state index < -0.39 is 7.14 Å². The summed E-state index contributed by atoms with van der Waals surface area (Å²) in [5, 5.41) is 0. The van der Waals surface area contributed by atoms with Gasteiger partial charge in [-0.1, -0.05) is 48.5 Å². The van der Waals surface area contributed by atoms with E-state index in [2.05, 4.69) is 0 Å². The van der Waals surface area contributed by atoms with E-state index in [1.807, 2.05) is 49.4 Å². The number of hydrogen-bond acceptors (Lipinski definition) is 2. The molecule has 0 unspecified atom stereocenters. The van der Waals surface area contributed by atoms with Crippen molar-refractivity contribution in [3.63, 3.8) is 0 Å². The molecular weight excluding hydrogens is 255 g/mol. The summed E-state index contributed by atoms with van der Waals surface area (Å²) in [6.45, 7) is 4.94. The molecule has 0 fully saturated rings. The third kappa shape index (κ3) is 2.85. The first-order valence-electron chi connectivity index (χ1n) is 6.16. The Morgan fingerprint density at radius 1 is 0.947 bits per heavy atom. The van der Waals surface area contributed by atoms with Crippen molar-refractivity contribution < 1.29 is 9.36 Å². The van der Waals surface area contributed by atoms with Crippen LogP contribution in [0.5, 0.6) is 0 Å². The average molecular weight is 272 g/mol. The van der Waals surface area contributed by atoms with Gasteiger partial charge in [-0.3, -0.25) is 4.79 Å². The highest BCUT2D eigenvalue weighted by molar-refractivity contribution is 7.79. The van der Waals surface area contributed by atoms with Crippen molar-refractivity contribution in [2.75, 3.05) is 13.3 Å². The highest BCUT2D eigenvalue weighted by Crippen LogP contribution is 2.42. The van der Waals surface area contributed by atoms with Crippen molar-refractivity contribution in [2.24, 2.45) is 0 Å². The van der Waals surface area contributed by atoms with Gasteiger partial charge in [0.1, 0.15) is 7.14 Å². The second-order valence-electron chi connectivity index (χ2n) is 5.00. The van der Waals surface area contributed by atoms with Gasteiger partial charge in [0, 0.05) is 5.56 Å². The molecule has 0 N–H and O–H groups in total. The maximum absolute atomic E-state index is 12.2. The molecule has 0 aliphatic rings. The van der Waals surface area contributed by atoms with Crippen LogP contribution in [-0.2, 0) is 4.57 Å². The molecule has 2 nitrogen and oxygen atoms in total. The lowest BCUT2D eigenvalue weighted by molar-refractivity contribution is 0.107. The van der Waals surface area contributed by atoms with Crippen LogP contribution in [0.25, 0.3) is 11.1 Å². The van der Waals surface area contributed by atoms with Crippen LogP contribution in [0.4, 0.5) is 0 Å². The summed E-state index contributed by atoms with van der Waals surface area (Å²) in [4.78, 5) is 12.2. The van der Waals surface area contributed by atoms with E-state index in [1.54, 1.807) is 6.07 Å². The summed E-state index contributed by atoms with van der Waals surface area (Å²) < 4.78 is 12.0. The van der Waals surface area contributed by atoms with Crippen LogP contribution >= 0.6 is 7.14 Å². The van der Waals surface area contributed by atoms with Gasteiger partial charge in [-0.25, -0.2) is 0 Å². The topological polar surface area (TPSA) is 34.1 Å². The first-order valence-corrected chi connectivity index (χ1v) is 8.76. The fraction of sp³-hybridized carbons (Fsp3) is 0.188. The van der Waals surface area contributed by atoms with E-state index in [1.165, 1.54) is 13.3 Å². The predicted molar refractivity (Wildman–Crippen MR) is 80.4 cm³/mol. The van der Waals surface area contributed by atoms with E-state index in [4.69, 9.17) is 0 Å². The fourth-order valence-electron chi connectivity index (χ4n) is 2.09. The lowest BCUT2D eigenvalue weighted by atomic mass is 9.97. The van der Waals surface area contributed by atoms with Crippen molar-refractivity contribution in [3.05, 3.63) is 59.7 Å². The van der Waals surface area contributed by atoms with Crippen molar-refractivity contribution in [1.29, 1.82) is 0 Å². The molecule has 98 valence electrons. The number of hydrogen-bond donors (Lipinski definition) is 0. The average Bonchev–Trinajstić information content (AvgIpc) is 2.38. The normalized spacial score (nSPS) is 11.3. The molecule has 0 aliphatic heterocycles. The summed E-state index contributed by atoms with van der Waals surface area (Å²) in [5.41, 5.74) is 3.29. The van der Waals surface area contributed by atoms with E-state index in [-0.39, 0.29) is 5.52 Å². The van der Waals surface area contributed by atoms with Gasteiger partial charge in [-0.15, -0.1) is 0 Å². The molecule has 0 bridgehead atoms. The molecule has 0 aliphatic carbocycles. The maximum Gasteiger partial charge on any atom is 0.221 e. The van der Waals surface area contributed by atoms with Crippen LogP contribution in [0.15, 0.2) is 48.5 Å². The van der Waals surface area contributed by atoms with Gasteiger partial charge in [-0.2, -0.15) is 0 Å². The Morgan fingerprint density at radius 3 is 2.16 bits per heavy atom. The van der Waals surface area contributed by atoms with Gasteiger partial charge in [0.05, 0.1) is 0 Å². The Kier molecular flexibility index (Phi) is 3.73. The summed E-state index contributed by atoms with van der Waals surface area (Å²) in [7, 11) is -2.76. The Bertz CT molecular complexity index is 654. The number of benzene rings is 2. The van der Waals surface area contributed by atoms with E-state index in [9.17, 15) is 9.36 Å². The molecule has 0 amide bonds. The van der Waals surface area contributed by atoms with Gasteiger partial charge in [0.25, 0.3) is 0 Å². The Balaban J connectivity index is 2.57. The molecule has 19 heavy (non-hydrogen) atoms. The Labute approximate surface area is 113 Å². The highest BCUT2D eigenvalue weighted by atomic mass is 31.2. The Hall–Kier alpha value is -1.66. The van der Waals surface area contributed by atoms with Crippen molar-refractivity contribution in [1.82, 2.24) is 0 Å². The Morgan fingerprint density at radius 2 is 1.58 bits per heavy atom. The van der Waals surface area contributed by atoms with Gasteiger partial charge in [-0.05, 0) is 36.9 Å². The summed E-state index contributed by atoms with van der Waals surface area (Å²) in [5.74, 6) is 0. The molecule has 3 heteroatoms. The van der Waals surface area contributed by atoms with Crippen molar-refractivity contribution in [3.8, 4) is 11.1 Å². The van der Waals surface area contributed by atoms with Crippen molar-refractivity contribution >= 4 is 12.7 Å². The molecular formula is C16H17O2P. The zero-order valence-corrected chi connectivity index (χ0v) is 12.3. The fourth-order valence-corrected chi connectivity index (χ4v) is 2.91. The minimum Gasteiger partial charge on any atom is -0.316 e. The first-order chi connectivity index (χ1) is 8.91. The minimum atomic E-state index is -2.76. The summed E-state index contributed by atoms with van der Waals surface area (Å²) >= 11 is 0. The zero-order chi connectivity index (χ0) is 14.0. The van der Waals surface area contributed by atoms with Gasteiger partial charge in [0.15, 0.2) is 0 Å². The van der Waals surface area contributed by atoms with Crippen LogP contribution in [0.1, 0.15) is 15.9 Å². The summed E-state index contributed by atoms with van der Waals surface area (Å²) in [6, 6.07) is 15.5. The number of carbonyl (C=O) groups excluding carboxylic acids is 1. The minimum absolute atomic E-state index is 0.247. The molecule has 0 radical (unpaired) electrons. The monoisotopic (exact) mass is 272 g/mol. The first kappa shape index (κ1) is 13.8. The van der Waals surface area contributed by atoms with Crippen LogP contribution < -0.4 is 0 Å². The van der Waals surface area contributed by atoms with Crippen LogP contribution in [-0.4, -0.2) is 18.9 Å². The number of rotatable bonds is 3. The lowest BCUT2D eigenvalue weighted by Crippen LogP contribution is -2.02. The molecule has 2 rings (SSSR count). The second-order valence-corrected chi connectivity index (χ2v) is 8.11. The van der Waals surface area contributed by atoms with Crippen LogP contribution in [0.3, 0.4) is 0 Å². The maximum atomic E-state index is 12.2. The van der Waals surface area contributed by atoms with Crippen molar-refractivity contribution in [2.45, 2.75) is 6.92 Å². The predicted octanol–water partition coefficient (Wildman–Crippen LogP) is 4.42. The van der Waals surface area contributed by atoms with Gasteiger partial charge >= 0.3 is 0 Å². The molecule has 0 saturated carbocycles. The molecule has 2 aromatic carbocycles. The highest BCUT2D eigenvalue weighted by Gasteiger charge is 2.23. The quantitative estimate of drug-likeness (QED) is 0.775. The van der Waals surface area contributed by atoms with Crippen LogP contribution in [0.2, 0.25) is 0 Å². The molecule has 0 saturated heterocycles. The van der Waals surface area contributed by atoms with E-state index in [0.717, 1.165) is 16.7 Å². The van der Waals surface area contributed by atoms with Gasteiger partial charge in [0.2, 0.25) is 5.52 Å². The second kappa shape index (κ2) is 5.14. The zero-order valence-electron chi connectivity index (χ0n) is 11.4. The molecule has 0 spiro atoms. The van der Waals surface area contributed by atoms with Crippen LogP contribution in [0, 0.1) is 6.92 Å². The molecule has 0 aromatic heterocycles. The van der Waals surface area contributed by atoms with E-state index in [0.29, 0.717) is 5.56 Å². The SMILES string of the molecule is Cc1c(C(=O)P(C)(C)=O)cccc1-c1ccccc1. The van der Waals surface area contributed by atoms with E-state index >= 15 is 0 Å². The smallest absolute Gasteiger partial charge is 0.221 e. The molecule has 0 heterocycles.